The molecule has 0 aliphatic rings. The van der Waals surface area contributed by atoms with Crippen molar-refractivity contribution in [1.82, 2.24) is 5.32 Å². The van der Waals surface area contributed by atoms with Gasteiger partial charge in [0, 0.05) is 28.4 Å². The van der Waals surface area contributed by atoms with Crippen LogP contribution in [0.25, 0.3) is 0 Å². The normalized spacial score (nSPS) is 11.9. The van der Waals surface area contributed by atoms with Gasteiger partial charge in [-0.15, -0.1) is 0 Å². The summed E-state index contributed by atoms with van der Waals surface area (Å²) in [5.41, 5.74) is 0.194. The Morgan fingerprint density at radius 2 is 2.26 bits per heavy atom. The Hall–Kier alpha value is -1.08. The fraction of sp³-hybridized carbons (Fsp3) is 0.417. The number of amides is 1. The highest BCUT2D eigenvalue weighted by Crippen LogP contribution is 2.22. The summed E-state index contributed by atoms with van der Waals surface area (Å²) in [4.78, 5) is 22.3. The van der Waals surface area contributed by atoms with E-state index in [0.717, 1.165) is 12.2 Å². The van der Waals surface area contributed by atoms with Gasteiger partial charge in [-0.2, -0.15) is 11.8 Å². The van der Waals surface area contributed by atoms with E-state index in [1.807, 2.05) is 13.2 Å². The predicted molar refractivity (Wildman–Crippen MR) is 80.7 cm³/mol. The number of nitrogens with zero attached hydrogens (tertiary/aromatic N) is 1. The second kappa shape index (κ2) is 7.49. The zero-order chi connectivity index (χ0) is 14.4. The van der Waals surface area contributed by atoms with Crippen molar-refractivity contribution in [2.45, 2.75) is 19.4 Å². The lowest BCUT2D eigenvalue weighted by molar-refractivity contribution is -0.384. The third kappa shape index (κ3) is 4.50. The summed E-state index contributed by atoms with van der Waals surface area (Å²) in [5.74, 6) is 0.519. The van der Waals surface area contributed by atoms with Gasteiger partial charge in [-0.25, -0.2) is 0 Å². The van der Waals surface area contributed by atoms with Crippen molar-refractivity contribution in [3.63, 3.8) is 0 Å². The predicted octanol–water partition coefficient (Wildman–Crippen LogP) is 3.23. The van der Waals surface area contributed by atoms with E-state index < -0.39 is 4.92 Å². The fourth-order valence-corrected chi connectivity index (χ4v) is 2.67. The number of benzene rings is 1. The number of carbonyl (C=O) groups is 1. The van der Waals surface area contributed by atoms with E-state index in [1.165, 1.54) is 18.2 Å². The SMILES string of the molecule is CCC(CSC)NC(=O)c1cc([N+](=O)[O-])ccc1Br. The lowest BCUT2D eigenvalue weighted by Gasteiger charge is -2.16. The first kappa shape index (κ1) is 16.0. The summed E-state index contributed by atoms with van der Waals surface area (Å²) in [6, 6.07) is 4.22. The van der Waals surface area contributed by atoms with Crippen LogP contribution in [0, 0.1) is 10.1 Å². The van der Waals surface area contributed by atoms with Crippen molar-refractivity contribution < 1.29 is 9.72 Å². The third-order valence-corrected chi connectivity index (χ3v) is 4.03. The van der Waals surface area contributed by atoms with Crippen molar-refractivity contribution in [2.75, 3.05) is 12.0 Å². The zero-order valence-corrected chi connectivity index (χ0v) is 13.1. The van der Waals surface area contributed by atoms with Gasteiger partial charge in [0.15, 0.2) is 0 Å². The number of nitro benzene ring substituents is 1. The quantitative estimate of drug-likeness (QED) is 0.633. The van der Waals surface area contributed by atoms with E-state index in [1.54, 1.807) is 11.8 Å². The van der Waals surface area contributed by atoms with Crippen molar-refractivity contribution in [3.05, 3.63) is 38.3 Å². The van der Waals surface area contributed by atoms with Gasteiger partial charge in [0.05, 0.1) is 10.5 Å². The zero-order valence-electron chi connectivity index (χ0n) is 10.7. The van der Waals surface area contributed by atoms with Crippen molar-refractivity contribution in [3.8, 4) is 0 Å². The maximum atomic E-state index is 12.1. The Morgan fingerprint density at radius 3 is 2.79 bits per heavy atom. The molecule has 0 aliphatic heterocycles. The highest BCUT2D eigenvalue weighted by Gasteiger charge is 2.17. The number of nitrogens with one attached hydrogen (secondary N) is 1. The lowest BCUT2D eigenvalue weighted by Crippen LogP contribution is -2.36. The Kier molecular flexibility index (Phi) is 6.30. The number of thioether (sulfide) groups is 1. The minimum atomic E-state index is -0.511. The van der Waals surface area contributed by atoms with Crippen LogP contribution in [0.3, 0.4) is 0 Å². The molecule has 1 amide bonds. The molecule has 1 unspecified atom stereocenters. The Bertz CT molecular complexity index is 482. The summed E-state index contributed by atoms with van der Waals surface area (Å²) in [7, 11) is 0. The molecule has 1 aromatic carbocycles. The molecule has 5 nitrogen and oxygen atoms in total. The van der Waals surface area contributed by atoms with Crippen LogP contribution >= 0.6 is 27.7 Å². The molecular formula is C12H15BrN2O3S. The molecule has 7 heteroatoms. The van der Waals surface area contributed by atoms with Crippen LogP contribution in [-0.2, 0) is 0 Å². The minimum Gasteiger partial charge on any atom is -0.348 e. The van der Waals surface area contributed by atoms with Gasteiger partial charge in [0.2, 0.25) is 0 Å². The molecule has 1 N–H and O–H groups in total. The van der Waals surface area contributed by atoms with E-state index in [9.17, 15) is 14.9 Å². The van der Waals surface area contributed by atoms with Crippen LogP contribution in [0.15, 0.2) is 22.7 Å². The average molecular weight is 347 g/mol. The van der Waals surface area contributed by atoms with E-state index in [4.69, 9.17) is 0 Å². The monoisotopic (exact) mass is 346 g/mol. The second-order valence-corrected chi connectivity index (χ2v) is 5.72. The summed E-state index contributed by atoms with van der Waals surface area (Å²) in [6.07, 6.45) is 2.79. The molecule has 104 valence electrons. The van der Waals surface area contributed by atoms with Crippen molar-refractivity contribution >= 4 is 39.3 Å². The maximum Gasteiger partial charge on any atom is 0.270 e. The summed E-state index contributed by atoms with van der Waals surface area (Å²) >= 11 is 4.89. The maximum absolute atomic E-state index is 12.1. The molecule has 1 rings (SSSR count). The van der Waals surface area contributed by atoms with Crippen LogP contribution in [0.5, 0.6) is 0 Å². The minimum absolute atomic E-state index is 0.0636. The molecule has 0 spiro atoms. The van der Waals surface area contributed by atoms with Crippen LogP contribution in [-0.4, -0.2) is 28.9 Å². The largest absolute Gasteiger partial charge is 0.348 e. The molecule has 0 fully saturated rings. The molecule has 0 aromatic heterocycles. The van der Waals surface area contributed by atoms with Crippen LogP contribution in [0.1, 0.15) is 23.7 Å². The molecule has 0 saturated carbocycles. The average Bonchev–Trinajstić information content (AvgIpc) is 2.38. The van der Waals surface area contributed by atoms with Crippen molar-refractivity contribution in [2.24, 2.45) is 0 Å². The van der Waals surface area contributed by atoms with Gasteiger partial charge in [0.1, 0.15) is 0 Å². The molecule has 1 atom stereocenters. The number of hydrogen-bond acceptors (Lipinski definition) is 4. The number of non-ortho nitro benzene ring substituents is 1. The molecule has 0 bridgehead atoms. The summed E-state index contributed by atoms with van der Waals surface area (Å²) in [5, 5.41) is 13.6. The van der Waals surface area contributed by atoms with Crippen LogP contribution < -0.4 is 5.32 Å². The third-order valence-electron chi connectivity index (χ3n) is 2.60. The first-order valence-corrected chi connectivity index (χ1v) is 7.92. The van der Waals surface area contributed by atoms with Gasteiger partial charge in [-0.05, 0) is 34.7 Å². The van der Waals surface area contributed by atoms with Gasteiger partial charge >= 0.3 is 0 Å². The van der Waals surface area contributed by atoms with E-state index in [0.29, 0.717) is 4.47 Å². The molecule has 19 heavy (non-hydrogen) atoms. The number of carbonyl (C=O) groups excluding carboxylic acids is 1. The smallest absolute Gasteiger partial charge is 0.270 e. The van der Waals surface area contributed by atoms with Crippen LogP contribution in [0.2, 0.25) is 0 Å². The van der Waals surface area contributed by atoms with E-state index in [-0.39, 0.29) is 23.2 Å². The molecule has 0 radical (unpaired) electrons. The van der Waals surface area contributed by atoms with Gasteiger partial charge in [-0.1, -0.05) is 6.92 Å². The standard InChI is InChI=1S/C12H15BrN2O3S/c1-3-8(7-19-2)14-12(16)10-6-9(15(17)18)4-5-11(10)13/h4-6,8H,3,7H2,1-2H3,(H,14,16). The number of halogens is 1. The Morgan fingerprint density at radius 1 is 1.58 bits per heavy atom. The molecule has 0 aliphatic carbocycles. The lowest BCUT2D eigenvalue weighted by atomic mass is 10.1. The van der Waals surface area contributed by atoms with Gasteiger partial charge in [0.25, 0.3) is 11.6 Å². The van der Waals surface area contributed by atoms with E-state index >= 15 is 0 Å². The van der Waals surface area contributed by atoms with Gasteiger partial charge < -0.3 is 5.32 Å². The van der Waals surface area contributed by atoms with Crippen molar-refractivity contribution in [1.29, 1.82) is 0 Å². The van der Waals surface area contributed by atoms with E-state index in [2.05, 4.69) is 21.2 Å². The number of nitro groups is 1. The Balaban J connectivity index is 2.92. The molecule has 0 heterocycles. The summed E-state index contributed by atoms with van der Waals surface area (Å²) in [6.45, 7) is 1.99. The highest BCUT2D eigenvalue weighted by atomic mass is 79.9. The molecule has 1 aromatic rings. The highest BCUT2D eigenvalue weighted by molar-refractivity contribution is 9.10. The first-order chi connectivity index (χ1) is 8.99. The Labute approximate surface area is 124 Å². The molecular weight excluding hydrogens is 332 g/mol. The molecule has 0 saturated heterocycles. The van der Waals surface area contributed by atoms with Gasteiger partial charge in [-0.3, -0.25) is 14.9 Å². The first-order valence-electron chi connectivity index (χ1n) is 5.73. The summed E-state index contributed by atoms with van der Waals surface area (Å²) < 4.78 is 0.551. The fourth-order valence-electron chi connectivity index (χ4n) is 1.53. The van der Waals surface area contributed by atoms with Crippen LogP contribution in [0.4, 0.5) is 5.69 Å². The second-order valence-electron chi connectivity index (χ2n) is 3.96. The number of rotatable bonds is 6. The number of hydrogen-bond donors (Lipinski definition) is 1. The topological polar surface area (TPSA) is 72.2 Å².